The van der Waals surface area contributed by atoms with Gasteiger partial charge in [0, 0.05) is 11.8 Å². The van der Waals surface area contributed by atoms with E-state index in [1.54, 1.807) is 11.8 Å². The minimum Gasteiger partial charge on any atom is -0.396 e. The van der Waals surface area contributed by atoms with Crippen LogP contribution in [0.15, 0.2) is 0 Å². The maximum Gasteiger partial charge on any atom is 0.106 e. The first-order chi connectivity index (χ1) is 7.60. The first-order valence-electron chi connectivity index (χ1n) is 5.97. The van der Waals surface area contributed by atoms with E-state index in [4.69, 9.17) is 5.11 Å². The summed E-state index contributed by atoms with van der Waals surface area (Å²) < 4.78 is 0. The van der Waals surface area contributed by atoms with Crippen LogP contribution in [-0.2, 0) is 0 Å². The monoisotopic (exact) mass is 244 g/mol. The Morgan fingerprint density at radius 3 is 2.56 bits per heavy atom. The minimum absolute atomic E-state index is 0.242. The topological polar surface area (TPSA) is 56.0 Å². The zero-order valence-electron chi connectivity index (χ0n) is 10.6. The molecule has 0 rings (SSSR count). The number of nitrogens with one attached hydrogen (secondary N) is 1. The van der Waals surface area contributed by atoms with Gasteiger partial charge in [0.1, 0.15) is 5.54 Å². The fraction of sp³-hybridized carbons (Fsp3) is 0.917. The van der Waals surface area contributed by atoms with Gasteiger partial charge in [0.15, 0.2) is 0 Å². The van der Waals surface area contributed by atoms with Crippen LogP contribution in [0.25, 0.3) is 0 Å². The van der Waals surface area contributed by atoms with Crippen molar-refractivity contribution in [2.45, 2.75) is 51.6 Å². The van der Waals surface area contributed by atoms with Crippen molar-refractivity contribution < 1.29 is 5.11 Å². The molecule has 0 bridgehead atoms. The normalized spacial score (nSPS) is 14.8. The summed E-state index contributed by atoms with van der Waals surface area (Å²) in [5, 5.41) is 21.3. The largest absolute Gasteiger partial charge is 0.396 e. The molecular weight excluding hydrogens is 220 g/mol. The molecule has 0 spiro atoms. The standard InChI is InChI=1S/C12H24N2OS/c1-4-12(10-13,14-11(2)3)6-5-8-16-9-7-15/h11,14-15H,4-9H2,1-3H3. The summed E-state index contributed by atoms with van der Waals surface area (Å²) in [6, 6.07) is 2.76. The van der Waals surface area contributed by atoms with Gasteiger partial charge in [-0.05, 0) is 38.9 Å². The third kappa shape index (κ3) is 6.37. The molecule has 0 saturated heterocycles. The van der Waals surface area contributed by atoms with Crippen LogP contribution in [0.1, 0.15) is 40.0 Å². The molecular formula is C12H24N2OS. The van der Waals surface area contributed by atoms with E-state index in [0.29, 0.717) is 6.04 Å². The summed E-state index contributed by atoms with van der Waals surface area (Å²) in [5.74, 6) is 1.81. The van der Waals surface area contributed by atoms with Crippen molar-refractivity contribution in [3.8, 4) is 6.07 Å². The van der Waals surface area contributed by atoms with Gasteiger partial charge in [0.2, 0.25) is 0 Å². The van der Waals surface area contributed by atoms with Crippen molar-refractivity contribution in [1.29, 1.82) is 5.26 Å². The summed E-state index contributed by atoms with van der Waals surface area (Å²) in [6.07, 6.45) is 2.74. The Hall–Kier alpha value is -0.240. The molecule has 0 aliphatic heterocycles. The highest BCUT2D eigenvalue weighted by Gasteiger charge is 2.27. The Morgan fingerprint density at radius 2 is 2.12 bits per heavy atom. The second-order valence-electron chi connectivity index (χ2n) is 4.29. The van der Waals surface area contributed by atoms with Crippen molar-refractivity contribution in [2.75, 3.05) is 18.1 Å². The molecule has 2 N–H and O–H groups in total. The number of thioether (sulfide) groups is 1. The summed E-state index contributed by atoms with van der Waals surface area (Å²) in [5.41, 5.74) is -0.367. The van der Waals surface area contributed by atoms with Gasteiger partial charge in [-0.15, -0.1) is 0 Å². The summed E-state index contributed by atoms with van der Waals surface area (Å²) in [7, 11) is 0. The van der Waals surface area contributed by atoms with Gasteiger partial charge < -0.3 is 5.11 Å². The molecule has 0 aliphatic rings. The average molecular weight is 244 g/mol. The fourth-order valence-corrected chi connectivity index (χ4v) is 2.40. The Labute approximate surface area is 104 Å². The molecule has 0 fully saturated rings. The third-order valence-electron chi connectivity index (χ3n) is 2.51. The van der Waals surface area contributed by atoms with Gasteiger partial charge in [-0.25, -0.2) is 0 Å². The van der Waals surface area contributed by atoms with Crippen LogP contribution in [0.4, 0.5) is 0 Å². The van der Waals surface area contributed by atoms with Crippen LogP contribution in [0, 0.1) is 11.3 Å². The number of rotatable bonds is 9. The zero-order valence-corrected chi connectivity index (χ0v) is 11.4. The lowest BCUT2D eigenvalue weighted by Gasteiger charge is -2.29. The van der Waals surface area contributed by atoms with E-state index in [9.17, 15) is 5.26 Å². The highest BCUT2D eigenvalue weighted by Crippen LogP contribution is 2.19. The Kier molecular flexibility index (Phi) is 8.73. The van der Waals surface area contributed by atoms with Crippen LogP contribution in [0.2, 0.25) is 0 Å². The van der Waals surface area contributed by atoms with Crippen LogP contribution in [0.5, 0.6) is 0 Å². The number of nitrogens with zero attached hydrogens (tertiary/aromatic N) is 1. The van der Waals surface area contributed by atoms with Crippen molar-refractivity contribution in [1.82, 2.24) is 5.32 Å². The molecule has 0 radical (unpaired) electrons. The number of hydrogen-bond donors (Lipinski definition) is 2. The van der Waals surface area contributed by atoms with E-state index in [1.807, 2.05) is 0 Å². The molecule has 16 heavy (non-hydrogen) atoms. The predicted octanol–water partition coefficient (Wildman–Crippen LogP) is 2.16. The van der Waals surface area contributed by atoms with Crippen LogP contribution in [0.3, 0.4) is 0 Å². The molecule has 0 aromatic carbocycles. The second-order valence-corrected chi connectivity index (χ2v) is 5.51. The molecule has 0 aromatic rings. The molecule has 1 atom stereocenters. The smallest absolute Gasteiger partial charge is 0.106 e. The quantitative estimate of drug-likeness (QED) is 0.610. The van der Waals surface area contributed by atoms with Gasteiger partial charge in [-0.1, -0.05) is 6.92 Å². The van der Waals surface area contributed by atoms with E-state index in [0.717, 1.165) is 30.8 Å². The molecule has 0 saturated carbocycles. The summed E-state index contributed by atoms with van der Waals surface area (Å²) in [6.45, 7) is 6.44. The van der Waals surface area contributed by atoms with Gasteiger partial charge in [0.05, 0.1) is 12.7 Å². The van der Waals surface area contributed by atoms with E-state index in [2.05, 4.69) is 32.2 Å². The number of aliphatic hydroxyl groups is 1. The molecule has 1 unspecified atom stereocenters. The molecule has 0 aliphatic carbocycles. The highest BCUT2D eigenvalue weighted by atomic mass is 32.2. The molecule has 4 heteroatoms. The molecule has 94 valence electrons. The fourth-order valence-electron chi connectivity index (χ4n) is 1.71. The third-order valence-corrected chi connectivity index (χ3v) is 3.56. The number of aliphatic hydroxyl groups excluding tert-OH is 1. The lowest BCUT2D eigenvalue weighted by molar-refractivity contribution is 0.322. The highest BCUT2D eigenvalue weighted by molar-refractivity contribution is 7.99. The lowest BCUT2D eigenvalue weighted by Crippen LogP contribution is -2.47. The first-order valence-corrected chi connectivity index (χ1v) is 7.13. The summed E-state index contributed by atoms with van der Waals surface area (Å²) in [4.78, 5) is 0. The minimum atomic E-state index is -0.367. The summed E-state index contributed by atoms with van der Waals surface area (Å²) >= 11 is 1.75. The van der Waals surface area contributed by atoms with Crippen LogP contribution >= 0.6 is 11.8 Å². The first kappa shape index (κ1) is 15.8. The maximum atomic E-state index is 9.27. The average Bonchev–Trinajstić information content (AvgIpc) is 2.26. The predicted molar refractivity (Wildman–Crippen MR) is 70.6 cm³/mol. The Morgan fingerprint density at radius 1 is 1.44 bits per heavy atom. The van der Waals surface area contributed by atoms with Crippen molar-refractivity contribution in [3.05, 3.63) is 0 Å². The maximum absolute atomic E-state index is 9.27. The van der Waals surface area contributed by atoms with Gasteiger partial charge >= 0.3 is 0 Å². The van der Waals surface area contributed by atoms with Crippen molar-refractivity contribution in [2.24, 2.45) is 0 Å². The molecule has 0 aromatic heterocycles. The van der Waals surface area contributed by atoms with Gasteiger partial charge in [-0.3, -0.25) is 5.32 Å². The second kappa shape index (κ2) is 8.86. The SMILES string of the molecule is CCC(C#N)(CCCSCCO)NC(C)C. The van der Waals surface area contributed by atoms with E-state index < -0.39 is 0 Å². The molecule has 3 nitrogen and oxygen atoms in total. The van der Waals surface area contributed by atoms with Crippen LogP contribution in [-0.4, -0.2) is 34.8 Å². The number of hydrogen-bond acceptors (Lipinski definition) is 4. The Balaban J connectivity index is 3.98. The Bertz CT molecular complexity index is 216. The van der Waals surface area contributed by atoms with Gasteiger partial charge in [-0.2, -0.15) is 17.0 Å². The molecule has 0 heterocycles. The number of nitriles is 1. The zero-order chi connectivity index (χ0) is 12.4. The molecule has 0 amide bonds. The van der Waals surface area contributed by atoms with Gasteiger partial charge in [0.25, 0.3) is 0 Å². The van der Waals surface area contributed by atoms with Crippen molar-refractivity contribution in [3.63, 3.8) is 0 Å². The van der Waals surface area contributed by atoms with Crippen molar-refractivity contribution >= 4 is 11.8 Å². The van der Waals surface area contributed by atoms with E-state index in [1.165, 1.54) is 0 Å². The van der Waals surface area contributed by atoms with Crippen LogP contribution < -0.4 is 5.32 Å². The lowest BCUT2D eigenvalue weighted by atomic mass is 9.91. The van der Waals surface area contributed by atoms with E-state index >= 15 is 0 Å². The van der Waals surface area contributed by atoms with E-state index in [-0.39, 0.29) is 12.1 Å².